The van der Waals surface area contributed by atoms with E-state index in [-0.39, 0.29) is 12.0 Å². The zero-order valence-corrected chi connectivity index (χ0v) is 12.7. The monoisotopic (exact) mass is 296 g/mol. The lowest BCUT2D eigenvalue weighted by Crippen LogP contribution is -2.38. The summed E-state index contributed by atoms with van der Waals surface area (Å²) in [5, 5.41) is 0. The van der Waals surface area contributed by atoms with Crippen LogP contribution in [0.15, 0.2) is 48.8 Å². The minimum atomic E-state index is -0.322. The number of rotatable bonds is 4. The van der Waals surface area contributed by atoms with Crippen molar-refractivity contribution in [2.45, 2.75) is 32.4 Å². The highest BCUT2D eigenvalue weighted by atomic mass is 16.5. The summed E-state index contributed by atoms with van der Waals surface area (Å²) in [5.74, 6) is 0.0342. The van der Waals surface area contributed by atoms with Crippen LogP contribution in [0.4, 0.5) is 5.69 Å². The average Bonchev–Trinajstić information content (AvgIpc) is 3.07. The van der Waals surface area contributed by atoms with Crippen LogP contribution in [0, 0.1) is 6.92 Å². The van der Waals surface area contributed by atoms with Gasteiger partial charge in [0.05, 0.1) is 6.54 Å². The van der Waals surface area contributed by atoms with Crippen molar-refractivity contribution in [3.05, 3.63) is 59.9 Å². The number of hydrogen-bond donors (Lipinski definition) is 0. The molecular formula is C18H20N2O2. The Bertz CT molecular complexity index is 637. The van der Waals surface area contributed by atoms with Crippen molar-refractivity contribution in [2.75, 3.05) is 11.5 Å². The second-order valence-corrected chi connectivity index (χ2v) is 5.63. The molecule has 1 fully saturated rings. The fraction of sp³-hybridized carbons (Fsp3) is 0.333. The zero-order chi connectivity index (χ0) is 15.4. The van der Waals surface area contributed by atoms with Crippen molar-refractivity contribution in [3.63, 3.8) is 0 Å². The van der Waals surface area contributed by atoms with Crippen molar-refractivity contribution in [1.82, 2.24) is 4.98 Å². The summed E-state index contributed by atoms with van der Waals surface area (Å²) in [6.07, 6.45) is 4.96. The Morgan fingerprint density at radius 1 is 1.36 bits per heavy atom. The van der Waals surface area contributed by atoms with E-state index in [9.17, 15) is 4.79 Å². The van der Waals surface area contributed by atoms with Gasteiger partial charge in [0.1, 0.15) is 6.10 Å². The van der Waals surface area contributed by atoms with Crippen molar-refractivity contribution in [1.29, 1.82) is 0 Å². The molecule has 2 heterocycles. The van der Waals surface area contributed by atoms with Crippen LogP contribution in [0.1, 0.15) is 24.0 Å². The first-order valence-electron chi connectivity index (χ1n) is 7.62. The Morgan fingerprint density at radius 3 is 2.95 bits per heavy atom. The van der Waals surface area contributed by atoms with Crippen molar-refractivity contribution in [2.24, 2.45) is 0 Å². The summed E-state index contributed by atoms with van der Waals surface area (Å²) in [4.78, 5) is 18.8. The number of aromatic nitrogens is 1. The minimum Gasteiger partial charge on any atom is -0.368 e. The highest BCUT2D eigenvalue weighted by Gasteiger charge is 2.29. The molecule has 0 N–H and O–H groups in total. The number of hydrogen-bond acceptors (Lipinski definition) is 3. The molecule has 4 nitrogen and oxygen atoms in total. The van der Waals surface area contributed by atoms with Gasteiger partial charge in [-0.3, -0.25) is 9.78 Å². The van der Waals surface area contributed by atoms with Gasteiger partial charge in [-0.25, -0.2) is 0 Å². The maximum absolute atomic E-state index is 12.8. The lowest BCUT2D eigenvalue weighted by molar-refractivity contribution is -0.127. The van der Waals surface area contributed by atoms with Crippen LogP contribution in [-0.4, -0.2) is 23.6 Å². The number of aryl methyl sites for hydroxylation is 1. The highest BCUT2D eigenvalue weighted by Crippen LogP contribution is 2.23. The van der Waals surface area contributed by atoms with Crippen molar-refractivity contribution >= 4 is 11.6 Å². The molecule has 2 aromatic rings. The van der Waals surface area contributed by atoms with Gasteiger partial charge >= 0.3 is 0 Å². The number of carbonyl (C=O) groups is 1. The van der Waals surface area contributed by atoms with Crippen LogP contribution >= 0.6 is 0 Å². The molecule has 1 aromatic heterocycles. The molecule has 1 amide bonds. The summed E-state index contributed by atoms with van der Waals surface area (Å²) in [6.45, 7) is 3.21. The predicted octanol–water partition coefficient (Wildman–Crippen LogP) is 3.10. The number of anilines is 1. The Morgan fingerprint density at radius 2 is 2.27 bits per heavy atom. The molecular weight excluding hydrogens is 276 g/mol. The van der Waals surface area contributed by atoms with E-state index in [2.05, 4.69) is 4.98 Å². The molecule has 1 atom stereocenters. The van der Waals surface area contributed by atoms with E-state index in [4.69, 9.17) is 4.74 Å². The van der Waals surface area contributed by atoms with Gasteiger partial charge in [0.25, 0.3) is 5.91 Å². The number of pyridine rings is 1. The van der Waals surface area contributed by atoms with E-state index in [1.54, 1.807) is 17.3 Å². The smallest absolute Gasteiger partial charge is 0.256 e. The van der Waals surface area contributed by atoms with Crippen LogP contribution in [0.3, 0.4) is 0 Å². The second kappa shape index (κ2) is 6.71. The van der Waals surface area contributed by atoms with Gasteiger partial charge in [0.15, 0.2) is 0 Å². The topological polar surface area (TPSA) is 42.4 Å². The standard InChI is InChI=1S/C18H20N2O2/c1-14-5-2-7-16(11-14)20(13-15-6-3-9-19-12-15)18(21)17-8-4-10-22-17/h2-3,5-7,9,11-12,17H,4,8,10,13H2,1H3. The molecule has 0 saturated carbocycles. The van der Waals surface area contributed by atoms with E-state index in [1.165, 1.54) is 0 Å². The summed E-state index contributed by atoms with van der Waals surface area (Å²) in [5.41, 5.74) is 3.05. The summed E-state index contributed by atoms with van der Waals surface area (Å²) in [7, 11) is 0. The lowest BCUT2D eigenvalue weighted by Gasteiger charge is -2.25. The Labute approximate surface area is 130 Å². The molecule has 22 heavy (non-hydrogen) atoms. The van der Waals surface area contributed by atoms with Crippen LogP contribution in [0.2, 0.25) is 0 Å². The number of benzene rings is 1. The number of amides is 1. The van der Waals surface area contributed by atoms with Gasteiger partial charge in [-0.1, -0.05) is 18.2 Å². The molecule has 3 rings (SSSR count). The van der Waals surface area contributed by atoms with Crippen LogP contribution < -0.4 is 4.90 Å². The number of carbonyl (C=O) groups excluding carboxylic acids is 1. The molecule has 1 aromatic carbocycles. The molecule has 1 unspecified atom stereocenters. The third-order valence-electron chi connectivity index (χ3n) is 3.85. The van der Waals surface area contributed by atoms with E-state index in [0.717, 1.165) is 29.7 Å². The number of nitrogens with zero attached hydrogens (tertiary/aromatic N) is 2. The fourth-order valence-electron chi connectivity index (χ4n) is 2.71. The van der Waals surface area contributed by atoms with E-state index < -0.39 is 0 Å². The lowest BCUT2D eigenvalue weighted by atomic mass is 10.1. The highest BCUT2D eigenvalue weighted by molar-refractivity contribution is 5.96. The van der Waals surface area contributed by atoms with E-state index in [0.29, 0.717) is 13.2 Å². The first-order valence-corrected chi connectivity index (χ1v) is 7.62. The third kappa shape index (κ3) is 3.34. The quantitative estimate of drug-likeness (QED) is 0.870. The molecule has 0 radical (unpaired) electrons. The molecule has 114 valence electrons. The minimum absolute atomic E-state index is 0.0342. The van der Waals surface area contributed by atoms with Gasteiger partial charge in [-0.2, -0.15) is 0 Å². The molecule has 1 saturated heterocycles. The summed E-state index contributed by atoms with van der Waals surface area (Å²) < 4.78 is 5.58. The molecule has 1 aliphatic rings. The Kier molecular flexibility index (Phi) is 4.49. The third-order valence-corrected chi connectivity index (χ3v) is 3.85. The maximum atomic E-state index is 12.8. The molecule has 4 heteroatoms. The van der Waals surface area contributed by atoms with Gasteiger partial charge in [0.2, 0.25) is 0 Å². The van der Waals surface area contributed by atoms with Gasteiger partial charge in [-0.15, -0.1) is 0 Å². The largest absolute Gasteiger partial charge is 0.368 e. The molecule has 1 aliphatic heterocycles. The first-order chi connectivity index (χ1) is 10.7. The van der Waals surface area contributed by atoms with Crippen molar-refractivity contribution in [3.8, 4) is 0 Å². The predicted molar refractivity (Wildman–Crippen MR) is 85.6 cm³/mol. The van der Waals surface area contributed by atoms with Crippen LogP contribution in [0.5, 0.6) is 0 Å². The van der Waals surface area contributed by atoms with E-state index in [1.807, 2.05) is 43.3 Å². The van der Waals surface area contributed by atoms with Gasteiger partial charge in [-0.05, 0) is 49.1 Å². The molecule has 0 spiro atoms. The molecule has 0 aliphatic carbocycles. The average molecular weight is 296 g/mol. The second-order valence-electron chi connectivity index (χ2n) is 5.63. The maximum Gasteiger partial charge on any atom is 0.256 e. The summed E-state index contributed by atoms with van der Waals surface area (Å²) in [6, 6.07) is 11.9. The zero-order valence-electron chi connectivity index (χ0n) is 12.7. The SMILES string of the molecule is Cc1cccc(N(Cc2cccnc2)C(=O)C2CCCO2)c1. The van der Waals surface area contributed by atoms with Gasteiger partial charge < -0.3 is 9.64 Å². The fourth-order valence-corrected chi connectivity index (χ4v) is 2.71. The van der Waals surface area contributed by atoms with Crippen LogP contribution in [0.25, 0.3) is 0 Å². The summed E-state index contributed by atoms with van der Waals surface area (Å²) >= 11 is 0. The Hall–Kier alpha value is -2.20. The van der Waals surface area contributed by atoms with Crippen molar-refractivity contribution < 1.29 is 9.53 Å². The molecule has 0 bridgehead atoms. The first kappa shape index (κ1) is 14.7. The normalized spacial score (nSPS) is 17.4. The van der Waals surface area contributed by atoms with Gasteiger partial charge in [0, 0.05) is 24.7 Å². The number of ether oxygens (including phenoxy) is 1. The Balaban J connectivity index is 1.89. The van der Waals surface area contributed by atoms with Crippen LogP contribution in [-0.2, 0) is 16.1 Å². The van der Waals surface area contributed by atoms with E-state index >= 15 is 0 Å².